The Morgan fingerprint density at radius 2 is 1.93 bits per heavy atom. The number of amides is 2. The number of nitrogens with one attached hydrogen (secondary N) is 1. The van der Waals surface area contributed by atoms with Gasteiger partial charge in [-0.05, 0) is 43.2 Å². The molecule has 0 unspecified atom stereocenters. The molecule has 2 aromatic carbocycles. The number of rotatable bonds is 8. The minimum absolute atomic E-state index is 0.160. The third kappa shape index (κ3) is 6.22. The zero-order valence-electron chi connectivity index (χ0n) is 16.9. The van der Waals surface area contributed by atoms with Crippen LogP contribution >= 0.6 is 11.6 Å². The lowest BCUT2D eigenvalue weighted by Crippen LogP contribution is -2.27. The Balaban J connectivity index is 2.14. The first kappa shape index (κ1) is 22.2. The summed E-state index contributed by atoms with van der Waals surface area (Å²) in [7, 11) is 3.28. The van der Waals surface area contributed by atoms with E-state index in [1.54, 1.807) is 38.4 Å². The molecular weight excluding hydrogens is 394 g/mol. The molecule has 2 rings (SSSR count). The van der Waals surface area contributed by atoms with Gasteiger partial charge in [-0.15, -0.1) is 0 Å². The second kappa shape index (κ2) is 10.5. The number of benzene rings is 2. The van der Waals surface area contributed by atoms with E-state index >= 15 is 0 Å². The van der Waals surface area contributed by atoms with Crippen LogP contribution in [0.2, 0.25) is 5.02 Å². The minimum atomic E-state index is -0.308. The van der Waals surface area contributed by atoms with Gasteiger partial charge in [0.2, 0.25) is 0 Å². The van der Waals surface area contributed by atoms with Gasteiger partial charge in [-0.1, -0.05) is 29.8 Å². The largest absolute Gasteiger partial charge is 0.490 e. The quantitative estimate of drug-likeness (QED) is 0.528. The van der Waals surface area contributed by atoms with Gasteiger partial charge in [0.05, 0.1) is 17.8 Å². The number of likely N-dealkylation sites (N-methyl/N-ethyl adjacent to an activating group) is 1. The number of ether oxygens (including phenoxy) is 2. The highest BCUT2D eigenvalue weighted by Crippen LogP contribution is 2.36. The molecule has 2 aromatic rings. The van der Waals surface area contributed by atoms with Crippen LogP contribution in [0.25, 0.3) is 0 Å². The molecule has 0 bridgehead atoms. The Hall–Kier alpha value is -3.06. The predicted octanol–water partition coefficient (Wildman–Crippen LogP) is 3.28. The van der Waals surface area contributed by atoms with E-state index in [0.29, 0.717) is 23.5 Å². The van der Waals surface area contributed by atoms with Gasteiger partial charge in [0, 0.05) is 19.7 Å². The highest BCUT2D eigenvalue weighted by Gasteiger charge is 2.15. The fourth-order valence-corrected chi connectivity index (χ4v) is 2.66. The molecule has 7 nitrogen and oxygen atoms in total. The van der Waals surface area contributed by atoms with E-state index in [9.17, 15) is 9.59 Å². The minimum Gasteiger partial charge on any atom is -0.490 e. The topological polar surface area (TPSA) is 80.2 Å². The fourth-order valence-electron chi connectivity index (χ4n) is 2.38. The second-order valence-electron chi connectivity index (χ2n) is 6.35. The van der Waals surface area contributed by atoms with E-state index < -0.39 is 0 Å². The van der Waals surface area contributed by atoms with E-state index in [4.69, 9.17) is 21.1 Å². The van der Waals surface area contributed by atoms with Crippen molar-refractivity contribution in [3.8, 4) is 11.5 Å². The van der Waals surface area contributed by atoms with Crippen molar-refractivity contribution >= 4 is 29.6 Å². The molecule has 0 saturated heterocycles. The maximum absolute atomic E-state index is 12.2. The first-order valence-electron chi connectivity index (χ1n) is 9.01. The van der Waals surface area contributed by atoms with E-state index in [0.717, 1.165) is 5.56 Å². The Labute approximate surface area is 175 Å². The molecule has 0 fully saturated rings. The maximum Gasteiger partial charge on any atom is 0.271 e. The number of nitrogens with zero attached hydrogens (tertiary/aromatic N) is 2. The first-order chi connectivity index (χ1) is 13.8. The lowest BCUT2D eigenvalue weighted by atomic mass is 10.1. The first-order valence-corrected chi connectivity index (χ1v) is 9.39. The van der Waals surface area contributed by atoms with Gasteiger partial charge in [0.25, 0.3) is 11.8 Å². The van der Waals surface area contributed by atoms with Crippen molar-refractivity contribution in [2.75, 3.05) is 27.3 Å². The van der Waals surface area contributed by atoms with Crippen molar-refractivity contribution in [1.82, 2.24) is 10.3 Å². The van der Waals surface area contributed by atoms with Crippen molar-refractivity contribution in [1.29, 1.82) is 0 Å². The smallest absolute Gasteiger partial charge is 0.271 e. The van der Waals surface area contributed by atoms with Gasteiger partial charge < -0.3 is 14.4 Å². The monoisotopic (exact) mass is 417 g/mol. The summed E-state index contributed by atoms with van der Waals surface area (Å²) < 4.78 is 11.1. The third-order valence-corrected chi connectivity index (χ3v) is 4.22. The second-order valence-corrected chi connectivity index (χ2v) is 6.76. The zero-order valence-corrected chi connectivity index (χ0v) is 17.6. The van der Waals surface area contributed by atoms with Gasteiger partial charge in [0.15, 0.2) is 18.1 Å². The van der Waals surface area contributed by atoms with E-state index in [2.05, 4.69) is 10.5 Å². The molecule has 0 aliphatic carbocycles. The fraction of sp³-hybridized carbons (Fsp3) is 0.286. The molecule has 29 heavy (non-hydrogen) atoms. The van der Waals surface area contributed by atoms with Crippen molar-refractivity contribution in [2.45, 2.75) is 13.8 Å². The Morgan fingerprint density at radius 1 is 1.21 bits per heavy atom. The summed E-state index contributed by atoms with van der Waals surface area (Å²) in [4.78, 5) is 25.4. The average molecular weight is 418 g/mol. The number of aryl methyl sites for hydroxylation is 1. The number of hydrogen-bond acceptors (Lipinski definition) is 5. The third-order valence-electron chi connectivity index (χ3n) is 3.94. The molecule has 154 valence electrons. The summed E-state index contributed by atoms with van der Waals surface area (Å²) in [5.74, 6) is 0.161. The average Bonchev–Trinajstić information content (AvgIpc) is 2.67. The van der Waals surface area contributed by atoms with Crippen LogP contribution in [0.4, 0.5) is 0 Å². The van der Waals surface area contributed by atoms with Crippen LogP contribution in [0, 0.1) is 6.92 Å². The standard InChI is InChI=1S/C21H24ClN3O4/c1-5-28-18-11-15(10-17(22)20(18)29-13-19(26)25(3)4)12-23-24-21(27)16-9-7-6-8-14(16)2/h6-12H,5,13H2,1-4H3,(H,24,27)/b23-12-. The molecular formula is C21H24ClN3O4. The number of hydrazone groups is 1. The molecule has 0 aliphatic rings. The molecule has 0 heterocycles. The van der Waals surface area contributed by atoms with Crippen LogP contribution in [0.15, 0.2) is 41.5 Å². The van der Waals surface area contributed by atoms with Gasteiger partial charge in [0.1, 0.15) is 0 Å². The number of carbonyl (C=O) groups is 2. The lowest BCUT2D eigenvalue weighted by molar-refractivity contribution is -0.130. The summed E-state index contributed by atoms with van der Waals surface area (Å²) in [6.45, 7) is 3.91. The van der Waals surface area contributed by atoms with Gasteiger partial charge in [-0.25, -0.2) is 5.43 Å². The molecule has 1 N–H and O–H groups in total. The van der Waals surface area contributed by atoms with Gasteiger partial charge in [-0.2, -0.15) is 5.10 Å². The molecule has 0 aromatic heterocycles. The van der Waals surface area contributed by atoms with Crippen molar-refractivity contribution < 1.29 is 19.1 Å². The van der Waals surface area contributed by atoms with Crippen LogP contribution in [0.1, 0.15) is 28.4 Å². The maximum atomic E-state index is 12.2. The van der Waals surface area contributed by atoms with Crippen LogP contribution in [0.5, 0.6) is 11.5 Å². The van der Waals surface area contributed by atoms with Gasteiger partial charge in [-0.3, -0.25) is 9.59 Å². The van der Waals surface area contributed by atoms with Gasteiger partial charge >= 0.3 is 0 Å². The summed E-state index contributed by atoms with van der Waals surface area (Å²) in [6.07, 6.45) is 1.46. The Bertz CT molecular complexity index is 913. The SMILES string of the molecule is CCOc1cc(/C=N\NC(=O)c2ccccc2C)cc(Cl)c1OCC(=O)N(C)C. The zero-order chi connectivity index (χ0) is 21.4. The van der Waals surface area contributed by atoms with E-state index in [1.165, 1.54) is 11.1 Å². The van der Waals surface area contributed by atoms with Crippen LogP contribution in [0.3, 0.4) is 0 Å². The van der Waals surface area contributed by atoms with Crippen LogP contribution in [-0.4, -0.2) is 50.2 Å². The van der Waals surface area contributed by atoms with E-state index in [-0.39, 0.29) is 29.2 Å². The molecule has 0 radical (unpaired) electrons. The predicted molar refractivity (Wildman–Crippen MR) is 113 cm³/mol. The normalized spacial score (nSPS) is 10.7. The Kier molecular flexibility index (Phi) is 8.03. The summed E-state index contributed by atoms with van der Waals surface area (Å²) in [5, 5.41) is 4.26. The lowest BCUT2D eigenvalue weighted by Gasteiger charge is -2.16. The van der Waals surface area contributed by atoms with E-state index in [1.807, 2.05) is 26.0 Å². The molecule has 0 aliphatic heterocycles. The van der Waals surface area contributed by atoms with Crippen LogP contribution < -0.4 is 14.9 Å². The van der Waals surface area contributed by atoms with Crippen LogP contribution in [-0.2, 0) is 4.79 Å². The molecule has 8 heteroatoms. The molecule has 0 saturated carbocycles. The summed E-state index contributed by atoms with van der Waals surface area (Å²) in [6, 6.07) is 10.5. The Morgan fingerprint density at radius 3 is 2.59 bits per heavy atom. The van der Waals surface area contributed by atoms with Crippen molar-refractivity contribution in [3.63, 3.8) is 0 Å². The number of carbonyl (C=O) groups excluding carboxylic acids is 2. The molecule has 0 atom stereocenters. The highest BCUT2D eigenvalue weighted by atomic mass is 35.5. The van der Waals surface area contributed by atoms with Crippen molar-refractivity contribution in [2.24, 2.45) is 5.10 Å². The number of hydrogen-bond donors (Lipinski definition) is 1. The number of halogens is 1. The molecule has 0 spiro atoms. The van der Waals surface area contributed by atoms with Crippen molar-refractivity contribution in [3.05, 3.63) is 58.1 Å². The highest BCUT2D eigenvalue weighted by molar-refractivity contribution is 6.32. The summed E-state index contributed by atoms with van der Waals surface area (Å²) in [5.41, 5.74) is 4.50. The summed E-state index contributed by atoms with van der Waals surface area (Å²) >= 11 is 6.31. The molecule has 2 amide bonds.